The van der Waals surface area contributed by atoms with E-state index in [2.05, 4.69) is 10.7 Å². The highest BCUT2D eigenvalue weighted by Gasteiger charge is 2.47. The quantitative estimate of drug-likeness (QED) is 0.585. The van der Waals surface area contributed by atoms with E-state index in [0.29, 0.717) is 16.3 Å². The minimum absolute atomic E-state index is 0.294. The summed E-state index contributed by atoms with van der Waals surface area (Å²) < 4.78 is 7.03. The number of aryl methyl sites for hydroxylation is 1. The van der Waals surface area contributed by atoms with Gasteiger partial charge in [0.15, 0.2) is 6.04 Å². The van der Waals surface area contributed by atoms with E-state index in [1.165, 1.54) is 0 Å². The summed E-state index contributed by atoms with van der Waals surface area (Å²) in [4.78, 5) is 25.8. The molecule has 2 amide bonds. The van der Waals surface area contributed by atoms with Crippen LogP contribution in [0.25, 0.3) is 0 Å². The number of carbonyl (C=O) groups excluding carboxylic acids is 2. The van der Waals surface area contributed by atoms with Crippen LogP contribution in [0.15, 0.2) is 72.8 Å². The van der Waals surface area contributed by atoms with Crippen LogP contribution in [-0.2, 0) is 4.79 Å². The van der Waals surface area contributed by atoms with Crippen LogP contribution in [0.1, 0.15) is 33.1 Å². The van der Waals surface area contributed by atoms with E-state index >= 15 is 0 Å². The fourth-order valence-electron chi connectivity index (χ4n) is 3.65. The molecule has 0 aliphatic carbocycles. The highest BCUT2D eigenvalue weighted by atomic mass is 35.5. The van der Waals surface area contributed by atoms with E-state index < -0.39 is 12.1 Å². The first-order valence-electron chi connectivity index (χ1n) is 10.2. The highest BCUT2D eigenvalue weighted by molar-refractivity contribution is 6.30. The number of halogens is 1. The number of ether oxygens (including phenoxy) is 1. The van der Waals surface area contributed by atoms with Crippen LogP contribution < -0.4 is 15.5 Å². The molecular weight excluding hydrogens is 426 g/mol. The standard InChI is InChI=1S/C25H22ClN3O3/c1-16-6-8-18(9-7-16)23-22(27-24(30)19-10-12-20(26)13-11-19)25(31)28-29(23)15-17-4-3-5-21(14-17)32-2/h3-15,22-23H,1-2H3,(H-,27,28,30,31)/p+1/b29-15-/t22-,23-/m1/s1. The van der Waals surface area contributed by atoms with Gasteiger partial charge in [-0.15, -0.1) is 10.1 Å². The first-order valence-corrected chi connectivity index (χ1v) is 10.5. The summed E-state index contributed by atoms with van der Waals surface area (Å²) in [7, 11) is 1.61. The number of hydrogen-bond acceptors (Lipinski definition) is 3. The van der Waals surface area contributed by atoms with Crippen molar-refractivity contribution in [3.8, 4) is 5.75 Å². The molecular formula is C25H23ClN3O3+. The number of hydrazone groups is 1. The van der Waals surface area contributed by atoms with Gasteiger partial charge in [-0.05, 0) is 49.4 Å². The van der Waals surface area contributed by atoms with E-state index in [9.17, 15) is 9.59 Å². The predicted molar refractivity (Wildman–Crippen MR) is 123 cm³/mol. The maximum absolute atomic E-state index is 12.9. The van der Waals surface area contributed by atoms with Gasteiger partial charge in [-0.1, -0.05) is 47.5 Å². The first kappa shape index (κ1) is 21.6. The largest absolute Gasteiger partial charge is 0.497 e. The average Bonchev–Trinajstić information content (AvgIpc) is 3.09. The lowest BCUT2D eigenvalue weighted by molar-refractivity contribution is -0.596. The van der Waals surface area contributed by atoms with Gasteiger partial charge in [0, 0.05) is 21.7 Å². The zero-order valence-corrected chi connectivity index (χ0v) is 18.5. The third-order valence-corrected chi connectivity index (χ3v) is 5.58. The van der Waals surface area contributed by atoms with Crippen molar-refractivity contribution in [2.45, 2.75) is 19.0 Å². The molecule has 32 heavy (non-hydrogen) atoms. The lowest BCUT2D eigenvalue weighted by atomic mass is 9.98. The molecule has 1 fully saturated rings. The Morgan fingerprint density at radius 1 is 1.09 bits per heavy atom. The summed E-state index contributed by atoms with van der Waals surface area (Å²) in [6, 6.07) is 20.7. The third kappa shape index (κ3) is 4.65. The molecule has 1 aliphatic rings. The Hall–Kier alpha value is -3.64. The van der Waals surface area contributed by atoms with Crippen molar-refractivity contribution in [2.24, 2.45) is 0 Å². The second-order valence-corrected chi connectivity index (χ2v) is 8.04. The topological polar surface area (TPSA) is 70.4 Å². The minimum atomic E-state index is -0.789. The van der Waals surface area contributed by atoms with E-state index in [1.54, 1.807) is 36.1 Å². The van der Waals surface area contributed by atoms with Gasteiger partial charge in [-0.25, -0.2) is 0 Å². The lowest BCUT2D eigenvalue weighted by Gasteiger charge is -2.15. The zero-order valence-electron chi connectivity index (χ0n) is 17.7. The maximum atomic E-state index is 12.9. The monoisotopic (exact) mass is 448 g/mol. The average molecular weight is 449 g/mol. The van der Waals surface area contributed by atoms with Crippen LogP contribution >= 0.6 is 11.6 Å². The van der Waals surface area contributed by atoms with Gasteiger partial charge in [-0.2, -0.15) is 0 Å². The van der Waals surface area contributed by atoms with E-state index in [-0.39, 0.29) is 11.8 Å². The highest BCUT2D eigenvalue weighted by Crippen LogP contribution is 2.26. The van der Waals surface area contributed by atoms with Gasteiger partial charge >= 0.3 is 5.91 Å². The van der Waals surface area contributed by atoms with Crippen molar-refractivity contribution < 1.29 is 19.0 Å². The second kappa shape index (κ2) is 9.24. The van der Waals surface area contributed by atoms with E-state index in [4.69, 9.17) is 16.3 Å². The minimum Gasteiger partial charge on any atom is -0.497 e. The number of nitrogens with one attached hydrogen (secondary N) is 2. The van der Waals surface area contributed by atoms with Crippen molar-refractivity contribution >= 4 is 29.6 Å². The Morgan fingerprint density at radius 2 is 1.81 bits per heavy atom. The number of hydrazine groups is 1. The van der Waals surface area contributed by atoms with Gasteiger partial charge in [0.05, 0.1) is 7.11 Å². The smallest absolute Gasteiger partial charge is 0.304 e. The molecule has 3 aromatic rings. The van der Waals surface area contributed by atoms with Crippen molar-refractivity contribution in [1.82, 2.24) is 10.7 Å². The van der Waals surface area contributed by atoms with E-state index in [0.717, 1.165) is 16.7 Å². The normalized spacial score (nSPS) is 19.0. The number of hydrogen-bond donors (Lipinski definition) is 2. The molecule has 0 radical (unpaired) electrons. The number of rotatable bonds is 5. The van der Waals surface area contributed by atoms with Crippen molar-refractivity contribution in [2.75, 3.05) is 7.11 Å². The molecule has 0 bridgehead atoms. The van der Waals surface area contributed by atoms with Gasteiger partial charge in [-0.3, -0.25) is 9.59 Å². The van der Waals surface area contributed by atoms with Crippen molar-refractivity contribution in [1.29, 1.82) is 0 Å². The van der Waals surface area contributed by atoms with Crippen LogP contribution in [0.4, 0.5) is 0 Å². The molecule has 7 heteroatoms. The Kier molecular flexibility index (Phi) is 6.23. The summed E-state index contributed by atoms with van der Waals surface area (Å²) >= 11 is 5.93. The van der Waals surface area contributed by atoms with Gasteiger partial charge < -0.3 is 10.1 Å². The molecule has 1 heterocycles. The van der Waals surface area contributed by atoms with Crippen LogP contribution in [0.5, 0.6) is 5.75 Å². The molecule has 0 aromatic heterocycles. The molecule has 0 saturated carbocycles. The van der Waals surface area contributed by atoms with Gasteiger partial charge in [0.1, 0.15) is 5.75 Å². The molecule has 2 atom stereocenters. The summed E-state index contributed by atoms with van der Waals surface area (Å²) in [6.45, 7) is 2.00. The fourth-order valence-corrected chi connectivity index (χ4v) is 3.78. The fraction of sp³-hybridized carbons (Fsp3) is 0.160. The van der Waals surface area contributed by atoms with Crippen LogP contribution in [0, 0.1) is 6.92 Å². The molecule has 3 aromatic carbocycles. The third-order valence-electron chi connectivity index (χ3n) is 5.33. The van der Waals surface area contributed by atoms with Crippen LogP contribution in [0.3, 0.4) is 0 Å². The number of nitrogens with zero attached hydrogens (tertiary/aromatic N) is 1. The zero-order chi connectivity index (χ0) is 22.7. The molecule has 2 N–H and O–H groups in total. The van der Waals surface area contributed by atoms with Crippen molar-refractivity contribution in [3.63, 3.8) is 0 Å². The summed E-state index contributed by atoms with van der Waals surface area (Å²) in [5, 5.41) is 3.42. The van der Waals surface area contributed by atoms with Crippen LogP contribution in [0.2, 0.25) is 5.02 Å². The Morgan fingerprint density at radius 3 is 2.50 bits per heavy atom. The summed E-state index contributed by atoms with van der Waals surface area (Å²) in [5.74, 6) is 0.0722. The number of carbonyl (C=O) groups is 2. The predicted octanol–water partition coefficient (Wildman–Crippen LogP) is 3.67. The maximum Gasteiger partial charge on any atom is 0.304 e. The molecule has 162 valence electrons. The number of methoxy groups -OCH3 is 1. The van der Waals surface area contributed by atoms with E-state index in [1.807, 2.05) is 61.7 Å². The number of benzene rings is 3. The molecule has 6 nitrogen and oxygen atoms in total. The molecule has 1 saturated heterocycles. The van der Waals surface area contributed by atoms with Crippen LogP contribution in [-0.4, -0.2) is 35.9 Å². The Labute approximate surface area is 191 Å². The first-order chi connectivity index (χ1) is 15.4. The summed E-state index contributed by atoms with van der Waals surface area (Å²) in [5.41, 5.74) is 6.17. The molecule has 4 rings (SSSR count). The number of amides is 2. The molecule has 1 aliphatic heterocycles. The Bertz CT molecular complexity index is 1170. The SMILES string of the molecule is COc1cccc(/C=[N+]2\NC(=O)[C@H](NC(=O)c3ccc(Cl)cc3)[C@H]2c2ccc(C)cc2)c1. The second-order valence-electron chi connectivity index (χ2n) is 7.60. The van der Waals surface area contributed by atoms with Gasteiger partial charge in [0.2, 0.25) is 12.3 Å². The molecule has 0 unspecified atom stereocenters. The lowest BCUT2D eigenvalue weighted by Crippen LogP contribution is -2.42. The van der Waals surface area contributed by atoms with Gasteiger partial charge in [0.25, 0.3) is 5.91 Å². The van der Waals surface area contributed by atoms with Crippen molar-refractivity contribution in [3.05, 3.63) is 100 Å². The Balaban J connectivity index is 1.70. The summed E-state index contributed by atoms with van der Waals surface area (Å²) in [6.07, 6.45) is 1.83. The molecule has 0 spiro atoms.